The van der Waals surface area contributed by atoms with Gasteiger partial charge in [0.1, 0.15) is 103 Å². The highest BCUT2D eigenvalue weighted by Gasteiger charge is 2.31. The number of nitrogens with one attached hydrogen (secondary N) is 9. The highest BCUT2D eigenvalue weighted by Crippen LogP contribution is 2.42. The molecule has 0 radical (unpaired) electrons. The number of aromatic nitrogens is 16. The minimum atomic E-state index is -0.396. The Balaban J connectivity index is 0.000000118. The van der Waals surface area contributed by atoms with E-state index in [-0.39, 0.29) is 53.4 Å². The molecule has 766 valence electrons. The van der Waals surface area contributed by atoms with E-state index in [4.69, 9.17) is 48.6 Å². The lowest BCUT2D eigenvalue weighted by atomic mass is 9.95. The van der Waals surface area contributed by atoms with E-state index in [0.717, 1.165) is 175 Å². The lowest BCUT2D eigenvalue weighted by Crippen LogP contribution is -2.35. The maximum Gasteiger partial charge on any atom is 0.338 e. The Morgan fingerprint density at radius 2 is 0.711 bits per heavy atom. The van der Waals surface area contributed by atoms with Crippen molar-refractivity contribution in [2.45, 2.75) is 181 Å². The van der Waals surface area contributed by atoms with Gasteiger partial charge in [-0.3, -0.25) is 26.8 Å². The molecule has 3 fully saturated rings. The number of hydrogen-bond acceptors (Lipinski definition) is 26. The smallest absolute Gasteiger partial charge is 0.338 e. The number of H-pyrrole nitrogens is 1. The molecule has 0 saturated heterocycles. The topological polar surface area (TPSA) is 415 Å². The van der Waals surface area contributed by atoms with E-state index in [1.54, 1.807) is 91.3 Å². The van der Waals surface area contributed by atoms with Crippen LogP contribution in [-0.2, 0) is 35.0 Å². The quantitative estimate of drug-likeness (QED) is 0.0268. The third-order valence-corrected chi connectivity index (χ3v) is 27.0. The summed E-state index contributed by atoms with van der Waals surface area (Å²) in [6, 6.07) is 46.9. The van der Waals surface area contributed by atoms with Crippen molar-refractivity contribution in [3.8, 4) is 67.5 Å². The van der Waals surface area contributed by atoms with Gasteiger partial charge in [0.05, 0.1) is 87.6 Å². The predicted molar refractivity (Wildman–Crippen MR) is 575 cm³/mol. The second-order valence-corrected chi connectivity index (χ2v) is 39.9. The molecular formula is C112H121N25O12. The van der Waals surface area contributed by atoms with Crippen molar-refractivity contribution in [1.29, 1.82) is 0 Å². The molecule has 0 spiro atoms. The molecule has 0 bridgehead atoms. The van der Waals surface area contributed by atoms with Crippen molar-refractivity contribution in [1.82, 2.24) is 80.6 Å². The number of rotatable bonds is 19. The molecule has 3 amide bonds. The van der Waals surface area contributed by atoms with Gasteiger partial charge < -0.3 is 84.9 Å². The zero-order valence-corrected chi connectivity index (χ0v) is 85.6. The Kier molecular flexibility index (Phi) is 29.0. The van der Waals surface area contributed by atoms with Gasteiger partial charge in [-0.1, -0.05) is 94.2 Å². The summed E-state index contributed by atoms with van der Waals surface area (Å²) < 4.78 is 38.1. The number of carbonyl (C=O) groups is 7. The summed E-state index contributed by atoms with van der Waals surface area (Å²) in [5, 5.41) is 27.2. The van der Waals surface area contributed by atoms with Crippen LogP contribution in [0.15, 0.2) is 220 Å². The molecule has 5 aliphatic rings. The zero-order valence-electron chi connectivity index (χ0n) is 85.6. The third kappa shape index (κ3) is 22.1. The van der Waals surface area contributed by atoms with Gasteiger partial charge in [0, 0.05) is 145 Å². The molecule has 2 aliphatic heterocycles. The standard InChI is InChI=1S/C28H29N5O3.C23H25N5O3.C22H23N5O2.C20H21N5O2.C19H23N5O2/c1-28(2,3)31-25-24(30-23-15-20(26(34)36-5)12-13-33(23)25)18-8-6-17(7-9-18)19-10-11-22-21(14-19)16-32(4)27(35)29-22;1-31-23(30)15-9-10-28-19(12-15)27-21(22(28)25-16-5-3-2-4-6-16)14-7-8-17-18(11-14)24-13-20(29)26-17;1-29-22(28)15-9-11-27-19(13-15)25-20(21(27)24-17-5-3-2-4-6-17)16-7-8-18-23-10-12-26(18)14-16;1-20(2,3)23-18-17(14-5-6-15-21-8-10-24(15)12-14)22-16-11-13(19(26)27-4)7-9-25(16)18;1-12-16(21-11-20-12)17-18(22-14-6-4-3-5-7-14)24-9-8-13(19(25)26-2)10-15(24)23-17/h6-15,31H,16H2,1-5H3,(H,29,35);7-12,16,24-25H,2-6,13H2,1H3,(H,26,29);7-14,17,24H,2-6H2,1H3;5-12,23H,1-4H3;8-11,14,22H,3-7H2,1-2H3,(H,20,21). The normalized spacial score (nSPS) is 14.4. The first kappa shape index (κ1) is 100. The van der Waals surface area contributed by atoms with Gasteiger partial charge in [-0.15, -0.1) is 0 Å². The first-order chi connectivity index (χ1) is 72.0. The van der Waals surface area contributed by atoms with Gasteiger partial charge in [0.2, 0.25) is 5.91 Å². The van der Waals surface area contributed by atoms with Crippen molar-refractivity contribution in [3.05, 3.63) is 259 Å². The summed E-state index contributed by atoms with van der Waals surface area (Å²) >= 11 is 0. The average Bonchev–Trinajstić information content (AvgIpc) is 1.64. The number of esters is 5. The Morgan fingerprint density at radius 3 is 1.11 bits per heavy atom. The second kappa shape index (κ2) is 43.1. The SMILES string of the molecule is COC(=O)c1ccn2c(NC(C)(C)C)c(-c3ccc(-c4ccc5c(c4)CN(C)C(=O)N5)cc3)nc2c1.COC(=O)c1ccn2c(NC(C)(C)C)c(-c3ccc4nccn4c3)nc2c1.COC(=O)c1ccn2c(NC3CCCCC3)c(-c3ccc4c(c3)NCC(=O)N4)nc2c1.COC(=O)c1ccn2c(NC3CCCCC3)c(-c3ccc4nccn4c3)nc2c1.COC(=O)c1ccn2c(NC3CCCCC3)c(-c3nc[nH]c3C)nc2c1. The van der Waals surface area contributed by atoms with E-state index in [9.17, 15) is 33.6 Å². The monoisotopic (exact) mass is 2010 g/mol. The van der Waals surface area contributed by atoms with E-state index < -0.39 is 5.97 Å². The highest BCUT2D eigenvalue weighted by atomic mass is 16.5. The number of anilines is 8. The van der Waals surface area contributed by atoms with Gasteiger partial charge in [0.15, 0.2) is 0 Å². The average molecular weight is 2010 g/mol. The number of nitrogens with zero attached hydrogens (tertiary/aromatic N) is 16. The summed E-state index contributed by atoms with van der Waals surface area (Å²) in [7, 11) is 8.67. The van der Waals surface area contributed by atoms with Crippen LogP contribution in [0.1, 0.15) is 201 Å². The Labute approximate surface area is 859 Å². The number of hydrogen-bond donors (Lipinski definition) is 9. The van der Waals surface area contributed by atoms with Crippen molar-refractivity contribution >= 4 is 127 Å². The molecule has 23 rings (SSSR count). The van der Waals surface area contributed by atoms with Crippen LogP contribution in [0.3, 0.4) is 0 Å². The van der Waals surface area contributed by atoms with Crippen LogP contribution in [0.5, 0.6) is 0 Å². The van der Waals surface area contributed by atoms with E-state index in [1.807, 2.05) is 148 Å². The Bertz CT molecular complexity index is 8080. The lowest BCUT2D eigenvalue weighted by molar-refractivity contribution is -0.114. The molecule has 15 aromatic heterocycles. The van der Waals surface area contributed by atoms with Crippen molar-refractivity contribution < 1.29 is 57.2 Å². The molecule has 3 aromatic carbocycles. The largest absolute Gasteiger partial charge is 0.465 e. The maximum atomic E-state index is 12.0. The number of carbonyl (C=O) groups excluding carboxylic acids is 7. The van der Waals surface area contributed by atoms with Crippen molar-refractivity contribution in [3.63, 3.8) is 0 Å². The number of ether oxygens (including phenoxy) is 5. The van der Waals surface area contributed by atoms with E-state index >= 15 is 0 Å². The fraction of sp³-hybridized carbons (Fsp3) is 0.312. The number of aromatic amines is 1. The van der Waals surface area contributed by atoms with Crippen molar-refractivity contribution in [2.75, 3.05) is 91.7 Å². The van der Waals surface area contributed by atoms with E-state index in [1.165, 1.54) is 93.3 Å². The molecule has 3 saturated carbocycles. The molecule has 0 atom stereocenters. The van der Waals surface area contributed by atoms with E-state index in [2.05, 4.69) is 134 Å². The van der Waals surface area contributed by atoms with Gasteiger partial charge in [0.25, 0.3) is 0 Å². The molecule has 0 unspecified atom stereocenters. The van der Waals surface area contributed by atoms with Crippen LogP contribution in [0, 0.1) is 6.92 Å². The van der Waals surface area contributed by atoms with Crippen LogP contribution >= 0.6 is 0 Å². The molecular weight excluding hydrogens is 1890 g/mol. The first-order valence-electron chi connectivity index (χ1n) is 50.2. The minimum absolute atomic E-state index is 0.0528. The first-order valence-corrected chi connectivity index (χ1v) is 50.2. The molecule has 17 heterocycles. The van der Waals surface area contributed by atoms with Gasteiger partial charge in [-0.05, 0) is 213 Å². The number of aryl methyl sites for hydroxylation is 1. The summed E-state index contributed by atoms with van der Waals surface area (Å²) in [6.45, 7) is 15.4. The molecule has 37 heteroatoms. The number of urea groups is 1. The number of amides is 3. The van der Waals surface area contributed by atoms with Gasteiger partial charge in [-0.25, -0.2) is 68.6 Å². The summed E-state index contributed by atoms with van der Waals surface area (Å²) in [5.41, 5.74) is 22.6. The summed E-state index contributed by atoms with van der Waals surface area (Å²) in [5.74, 6) is 2.58. The number of pyridine rings is 7. The number of methoxy groups -OCH3 is 5. The second-order valence-electron chi connectivity index (χ2n) is 39.9. The van der Waals surface area contributed by atoms with E-state index in [0.29, 0.717) is 80.7 Å². The Morgan fingerprint density at radius 1 is 0.356 bits per heavy atom. The third-order valence-electron chi connectivity index (χ3n) is 27.0. The fourth-order valence-electron chi connectivity index (χ4n) is 19.5. The number of benzene rings is 3. The van der Waals surface area contributed by atoms with Crippen LogP contribution in [-0.4, -0.2) is 201 Å². The highest BCUT2D eigenvalue weighted by molar-refractivity contribution is 6.02. The molecule has 9 N–H and O–H groups in total. The maximum absolute atomic E-state index is 12.0. The molecule has 18 aromatic rings. The van der Waals surface area contributed by atoms with Crippen LogP contribution in [0.25, 0.3) is 107 Å². The lowest BCUT2D eigenvalue weighted by Gasteiger charge is -2.26. The van der Waals surface area contributed by atoms with Crippen molar-refractivity contribution in [2.24, 2.45) is 0 Å². The summed E-state index contributed by atoms with van der Waals surface area (Å²) in [4.78, 5) is 125. The predicted octanol–water partition coefficient (Wildman–Crippen LogP) is 20.9. The van der Waals surface area contributed by atoms with Crippen LogP contribution in [0.4, 0.5) is 50.9 Å². The fourth-order valence-corrected chi connectivity index (χ4v) is 19.5. The Hall–Kier alpha value is -17.4. The minimum Gasteiger partial charge on any atom is -0.465 e. The van der Waals surface area contributed by atoms with Gasteiger partial charge in [-0.2, -0.15) is 0 Å². The number of imidazole rings is 8. The molecule has 149 heavy (non-hydrogen) atoms. The summed E-state index contributed by atoms with van der Waals surface area (Å²) in [6.07, 6.45) is 40.6. The molecule has 3 aliphatic carbocycles. The van der Waals surface area contributed by atoms with Crippen LogP contribution < -0.4 is 42.5 Å². The van der Waals surface area contributed by atoms with Gasteiger partial charge >= 0.3 is 35.9 Å². The zero-order chi connectivity index (χ0) is 104. The van der Waals surface area contributed by atoms with Crippen LogP contribution in [0.2, 0.25) is 0 Å². The molecule has 37 nitrogen and oxygen atoms in total. The number of fused-ring (bicyclic) bond motifs is 9.